The van der Waals surface area contributed by atoms with E-state index in [1.165, 1.54) is 21.5 Å². The summed E-state index contributed by atoms with van der Waals surface area (Å²) < 4.78 is 29.7. The van der Waals surface area contributed by atoms with Crippen molar-refractivity contribution >= 4 is 34.8 Å². The Morgan fingerprint density at radius 3 is 1.63 bits per heavy atom. The van der Waals surface area contributed by atoms with E-state index in [9.17, 15) is 4.21 Å². The fraction of sp³-hybridized carbons (Fsp3) is 0.375. The molecular formula is C48H58NO3PS. The molecule has 0 saturated carbocycles. The quantitative estimate of drug-likeness (QED) is 0.148. The molecule has 1 heterocycles. The van der Waals surface area contributed by atoms with Gasteiger partial charge in [0, 0.05) is 45.6 Å². The highest BCUT2D eigenvalue weighted by Crippen LogP contribution is 2.54. The lowest BCUT2D eigenvalue weighted by Crippen LogP contribution is -2.38. The fourth-order valence-corrected chi connectivity index (χ4v) is 11.5. The van der Waals surface area contributed by atoms with Gasteiger partial charge >= 0.3 is 0 Å². The zero-order valence-corrected chi connectivity index (χ0v) is 36.2. The van der Waals surface area contributed by atoms with Gasteiger partial charge in [-0.05, 0) is 67.8 Å². The third kappa shape index (κ3) is 7.45. The number of hydrogen-bond acceptors (Lipinski definition) is 3. The summed E-state index contributed by atoms with van der Waals surface area (Å²) in [6.45, 7) is 24.2. The minimum atomic E-state index is -1.35. The monoisotopic (exact) mass is 759 g/mol. The first-order valence-corrected chi connectivity index (χ1v) is 21.4. The Kier molecular flexibility index (Phi) is 10.9. The first-order valence-electron chi connectivity index (χ1n) is 19.0. The highest BCUT2D eigenvalue weighted by Gasteiger charge is 2.41. The first-order chi connectivity index (χ1) is 25.3. The van der Waals surface area contributed by atoms with Crippen molar-refractivity contribution in [3.05, 3.63) is 143 Å². The molecule has 1 aliphatic rings. The van der Waals surface area contributed by atoms with Crippen LogP contribution in [0.2, 0.25) is 0 Å². The van der Waals surface area contributed by atoms with Crippen LogP contribution in [-0.2, 0) is 27.2 Å². The summed E-state index contributed by atoms with van der Waals surface area (Å²) in [5, 5.41) is 3.73. The van der Waals surface area contributed by atoms with Crippen molar-refractivity contribution < 1.29 is 13.7 Å². The number of benzene rings is 5. The molecule has 0 N–H and O–H groups in total. The number of nitrogens with zero attached hydrogens (tertiary/aromatic N) is 1. The second kappa shape index (κ2) is 14.7. The molecule has 0 spiro atoms. The van der Waals surface area contributed by atoms with Crippen molar-refractivity contribution in [2.75, 3.05) is 14.2 Å². The van der Waals surface area contributed by atoms with Gasteiger partial charge in [-0.25, -0.2) is 8.51 Å². The summed E-state index contributed by atoms with van der Waals surface area (Å²) >= 11 is 0. The van der Waals surface area contributed by atoms with Crippen LogP contribution in [0.3, 0.4) is 0 Å². The highest BCUT2D eigenvalue weighted by molar-refractivity contribution is 7.84. The van der Waals surface area contributed by atoms with Crippen LogP contribution in [0.25, 0.3) is 0 Å². The molecule has 2 unspecified atom stereocenters. The number of hydrogen-bond donors (Lipinski definition) is 0. The summed E-state index contributed by atoms with van der Waals surface area (Å²) in [4.78, 5) is 0. The van der Waals surface area contributed by atoms with E-state index in [2.05, 4.69) is 169 Å². The molecule has 6 rings (SSSR count). The van der Waals surface area contributed by atoms with E-state index in [0.29, 0.717) is 0 Å². The number of fused-ring (bicyclic) bond motifs is 2. The van der Waals surface area contributed by atoms with Gasteiger partial charge in [0.25, 0.3) is 0 Å². The average Bonchev–Trinajstić information content (AvgIpc) is 3.11. The van der Waals surface area contributed by atoms with Gasteiger partial charge in [0.1, 0.15) is 28.2 Å². The molecule has 4 nitrogen and oxygen atoms in total. The molecule has 0 aliphatic carbocycles. The van der Waals surface area contributed by atoms with Gasteiger partial charge in [-0.2, -0.15) is 0 Å². The van der Waals surface area contributed by atoms with E-state index in [0.717, 1.165) is 45.1 Å². The number of para-hydroxylation sites is 2. The number of ether oxygens (including phenoxy) is 2. The van der Waals surface area contributed by atoms with Gasteiger partial charge in [-0.3, -0.25) is 0 Å². The molecule has 1 aliphatic heterocycles. The molecule has 5 aromatic carbocycles. The Morgan fingerprint density at radius 2 is 1.17 bits per heavy atom. The molecule has 54 heavy (non-hydrogen) atoms. The van der Waals surface area contributed by atoms with Crippen molar-refractivity contribution in [2.24, 2.45) is 0 Å². The first kappa shape index (κ1) is 39.9. The Balaban J connectivity index is 1.65. The van der Waals surface area contributed by atoms with E-state index in [1.54, 1.807) is 7.11 Å². The van der Waals surface area contributed by atoms with Crippen LogP contribution >= 0.6 is 7.92 Å². The van der Waals surface area contributed by atoms with Crippen molar-refractivity contribution in [1.29, 1.82) is 0 Å². The second-order valence-electron chi connectivity index (χ2n) is 18.1. The third-order valence-electron chi connectivity index (χ3n) is 10.6. The minimum Gasteiger partial charge on any atom is -0.496 e. The predicted molar refractivity (Wildman–Crippen MR) is 232 cm³/mol. The van der Waals surface area contributed by atoms with Gasteiger partial charge in [-0.1, -0.05) is 152 Å². The largest absolute Gasteiger partial charge is 0.496 e. The van der Waals surface area contributed by atoms with E-state index >= 15 is 0 Å². The number of rotatable bonds is 8. The Labute approximate surface area is 328 Å². The molecule has 0 radical (unpaired) electrons. The zero-order chi connectivity index (χ0) is 39.4. The van der Waals surface area contributed by atoms with E-state index < -0.39 is 23.7 Å². The summed E-state index contributed by atoms with van der Waals surface area (Å²) in [5.74, 6) is 2.67. The van der Waals surface area contributed by atoms with Crippen LogP contribution in [0.1, 0.15) is 116 Å². The number of methoxy groups -OCH3 is 1. The van der Waals surface area contributed by atoms with Crippen molar-refractivity contribution in [3.8, 4) is 17.2 Å². The average molecular weight is 760 g/mol. The van der Waals surface area contributed by atoms with Crippen LogP contribution in [0.4, 0.5) is 0 Å². The molecule has 5 aromatic rings. The lowest BCUT2D eigenvalue weighted by Gasteiger charge is -2.40. The lowest BCUT2D eigenvalue weighted by atomic mass is 9.74. The van der Waals surface area contributed by atoms with Crippen LogP contribution in [0, 0.1) is 0 Å². The zero-order valence-electron chi connectivity index (χ0n) is 34.5. The Bertz CT molecular complexity index is 2080. The smallest absolute Gasteiger partial charge is 0.139 e. The van der Waals surface area contributed by atoms with Crippen LogP contribution < -0.4 is 25.4 Å². The maximum Gasteiger partial charge on any atom is 0.139 e. The summed E-state index contributed by atoms with van der Waals surface area (Å²) in [7, 11) is 1.48. The van der Waals surface area contributed by atoms with Crippen LogP contribution in [-0.4, -0.2) is 27.4 Å². The second-order valence-corrected chi connectivity index (χ2v) is 22.6. The van der Waals surface area contributed by atoms with Gasteiger partial charge in [0.2, 0.25) is 0 Å². The molecule has 6 heteroatoms. The van der Waals surface area contributed by atoms with Gasteiger partial charge in [0.15, 0.2) is 0 Å². The Morgan fingerprint density at radius 1 is 0.685 bits per heavy atom. The lowest BCUT2D eigenvalue weighted by molar-refractivity contribution is 0.376. The van der Waals surface area contributed by atoms with E-state index in [1.807, 2.05) is 27.8 Å². The standard InChI is InChI=1S/C48H58NO3PS/c1-45(2,3)38-30-32(31-39(43(38)51-13)46(4,5)6)41(49(12)54(50)47(7,8)9)35-26-20-27-36-42(35)52-44-37(48(36,10)11)28-21-29-40(44)53(33-22-16-14-17-23-33)34-24-18-15-19-25-34/h14-31,41H,1-13H3. The molecule has 0 amide bonds. The molecule has 0 bridgehead atoms. The fourth-order valence-electron chi connectivity index (χ4n) is 7.76. The minimum absolute atomic E-state index is 0.206. The molecule has 284 valence electrons. The molecular weight excluding hydrogens is 702 g/mol. The van der Waals surface area contributed by atoms with Crippen molar-refractivity contribution in [2.45, 2.75) is 103 Å². The predicted octanol–water partition coefficient (Wildman–Crippen LogP) is 11.0. The molecule has 0 aromatic heterocycles. The third-order valence-corrected chi connectivity index (χ3v) is 14.8. The van der Waals surface area contributed by atoms with Gasteiger partial charge in [0.05, 0.1) is 17.9 Å². The summed E-state index contributed by atoms with van der Waals surface area (Å²) in [5.41, 5.74) is 5.82. The maximum atomic E-state index is 14.6. The Hall–Kier alpha value is -3.76. The van der Waals surface area contributed by atoms with Gasteiger partial charge in [-0.15, -0.1) is 0 Å². The highest BCUT2D eigenvalue weighted by atomic mass is 32.2. The van der Waals surface area contributed by atoms with E-state index in [4.69, 9.17) is 9.47 Å². The topological polar surface area (TPSA) is 38.8 Å². The van der Waals surface area contributed by atoms with Crippen molar-refractivity contribution in [1.82, 2.24) is 4.31 Å². The van der Waals surface area contributed by atoms with Crippen LogP contribution in [0.15, 0.2) is 109 Å². The molecule has 0 fully saturated rings. The van der Waals surface area contributed by atoms with Crippen molar-refractivity contribution in [3.63, 3.8) is 0 Å². The molecule has 0 saturated heterocycles. The SMILES string of the molecule is COc1c(C(C)(C)C)cc(C(c2cccc3c2Oc2c(P(c4ccccc4)c4ccccc4)cccc2C3(C)C)N(C)S(=O)C(C)(C)C)cc1C(C)(C)C. The van der Waals surface area contributed by atoms with Crippen LogP contribution in [0.5, 0.6) is 17.2 Å². The summed E-state index contributed by atoms with van der Waals surface area (Å²) in [6.07, 6.45) is 0. The maximum absolute atomic E-state index is 14.6. The van der Waals surface area contributed by atoms with Gasteiger partial charge < -0.3 is 9.47 Å². The normalized spacial score (nSPS) is 15.3. The summed E-state index contributed by atoms with van der Waals surface area (Å²) in [6, 6.07) is 39.0. The van der Waals surface area contributed by atoms with E-state index in [-0.39, 0.29) is 22.3 Å². The molecule has 2 atom stereocenters.